The normalized spacial score (nSPS) is 11.9. The van der Waals surface area contributed by atoms with Gasteiger partial charge in [0, 0.05) is 9.79 Å². The standard InChI is InChI=1S/C14H14Cl2N2O4S4/c15-9-25(19,20)17-11-5-1-3-7-13(11)23-24-14-8-4-2-6-12(14)18-26(21,22)10-16/h1-8,17-18H,9-10H2. The van der Waals surface area contributed by atoms with Gasteiger partial charge in [-0.15, -0.1) is 23.2 Å². The van der Waals surface area contributed by atoms with Crippen molar-refractivity contribution < 1.29 is 16.8 Å². The predicted octanol–water partition coefficient (Wildman–Crippen LogP) is 4.36. The maximum absolute atomic E-state index is 11.7. The van der Waals surface area contributed by atoms with Gasteiger partial charge in [0.15, 0.2) is 0 Å². The third-order valence-electron chi connectivity index (χ3n) is 2.81. The van der Waals surface area contributed by atoms with Crippen LogP contribution in [0.1, 0.15) is 0 Å². The molecule has 6 nitrogen and oxygen atoms in total. The van der Waals surface area contributed by atoms with Crippen LogP contribution in [0.2, 0.25) is 0 Å². The average molecular weight is 473 g/mol. The third-order valence-corrected chi connectivity index (χ3v) is 8.66. The van der Waals surface area contributed by atoms with Gasteiger partial charge in [0.2, 0.25) is 20.0 Å². The van der Waals surface area contributed by atoms with Crippen molar-refractivity contribution in [3.05, 3.63) is 48.5 Å². The Balaban J connectivity index is 2.20. The molecule has 0 heterocycles. The molecule has 2 aromatic rings. The van der Waals surface area contributed by atoms with E-state index in [-0.39, 0.29) is 0 Å². The van der Waals surface area contributed by atoms with Crippen LogP contribution in [0, 0.1) is 0 Å². The molecular formula is C14H14Cl2N2O4S4. The largest absolute Gasteiger partial charge is 0.281 e. The summed E-state index contributed by atoms with van der Waals surface area (Å²) in [7, 11) is -4.70. The van der Waals surface area contributed by atoms with Crippen molar-refractivity contribution in [1.82, 2.24) is 0 Å². The van der Waals surface area contributed by atoms with Crippen LogP contribution in [0.15, 0.2) is 58.3 Å². The molecule has 0 aromatic heterocycles. The van der Waals surface area contributed by atoms with E-state index in [4.69, 9.17) is 23.2 Å². The van der Waals surface area contributed by atoms with Crippen molar-refractivity contribution in [3.63, 3.8) is 0 Å². The number of halogens is 2. The molecule has 0 saturated carbocycles. The molecule has 2 N–H and O–H groups in total. The summed E-state index contributed by atoms with van der Waals surface area (Å²) in [6.45, 7) is 0. The van der Waals surface area contributed by atoms with Crippen LogP contribution in [0.3, 0.4) is 0 Å². The van der Waals surface area contributed by atoms with E-state index >= 15 is 0 Å². The Labute approximate surface area is 170 Å². The molecule has 0 atom stereocenters. The van der Waals surface area contributed by atoms with Crippen molar-refractivity contribution in [2.45, 2.75) is 9.79 Å². The van der Waals surface area contributed by atoms with E-state index in [1.165, 1.54) is 21.6 Å². The van der Waals surface area contributed by atoms with Gasteiger partial charge in [-0.1, -0.05) is 45.9 Å². The number of benzene rings is 2. The maximum atomic E-state index is 11.7. The number of nitrogens with one attached hydrogen (secondary N) is 2. The van der Waals surface area contributed by atoms with Gasteiger partial charge in [-0.2, -0.15) is 0 Å². The molecule has 2 aromatic carbocycles. The highest BCUT2D eigenvalue weighted by molar-refractivity contribution is 8.76. The first-order valence-electron chi connectivity index (χ1n) is 6.92. The zero-order valence-corrected chi connectivity index (χ0v) is 17.8. The molecule has 0 unspecified atom stereocenters. The van der Waals surface area contributed by atoms with Crippen molar-refractivity contribution in [2.24, 2.45) is 0 Å². The zero-order chi connectivity index (χ0) is 19.2. The van der Waals surface area contributed by atoms with Crippen LogP contribution in [0.4, 0.5) is 11.4 Å². The molecule has 12 heteroatoms. The highest BCUT2D eigenvalue weighted by Crippen LogP contribution is 2.43. The molecule has 0 radical (unpaired) electrons. The van der Waals surface area contributed by atoms with Crippen molar-refractivity contribution in [3.8, 4) is 0 Å². The van der Waals surface area contributed by atoms with E-state index < -0.39 is 30.5 Å². The summed E-state index contributed by atoms with van der Waals surface area (Å²) in [5, 5.41) is -1.11. The minimum absolute atomic E-state index is 0.393. The third kappa shape index (κ3) is 6.43. The molecule has 0 bridgehead atoms. The average Bonchev–Trinajstić information content (AvgIpc) is 2.61. The zero-order valence-electron chi connectivity index (χ0n) is 13.1. The lowest BCUT2D eigenvalue weighted by Crippen LogP contribution is -2.14. The van der Waals surface area contributed by atoms with Gasteiger partial charge in [0.05, 0.1) is 11.4 Å². The minimum atomic E-state index is -3.63. The van der Waals surface area contributed by atoms with Gasteiger partial charge in [0.1, 0.15) is 10.4 Å². The van der Waals surface area contributed by atoms with E-state index in [9.17, 15) is 16.8 Å². The van der Waals surface area contributed by atoms with Crippen LogP contribution < -0.4 is 9.44 Å². The van der Waals surface area contributed by atoms with E-state index in [1.54, 1.807) is 48.5 Å². The highest BCUT2D eigenvalue weighted by Gasteiger charge is 2.14. The van der Waals surface area contributed by atoms with Crippen LogP contribution in [-0.2, 0) is 20.0 Å². The lowest BCUT2D eigenvalue weighted by atomic mass is 10.3. The maximum Gasteiger partial charge on any atom is 0.246 e. The number of hydrogen-bond acceptors (Lipinski definition) is 6. The van der Waals surface area contributed by atoms with Crippen LogP contribution in [0.25, 0.3) is 0 Å². The SMILES string of the molecule is O=S(=O)(CCl)Nc1ccccc1SSc1ccccc1NS(=O)(=O)CCl. The molecule has 0 aliphatic rings. The quantitative estimate of drug-likeness (QED) is 0.415. The Morgan fingerprint density at radius 2 is 1.04 bits per heavy atom. The number of rotatable bonds is 9. The number of para-hydroxylation sites is 2. The predicted molar refractivity (Wildman–Crippen MR) is 111 cm³/mol. The number of alkyl halides is 2. The van der Waals surface area contributed by atoms with Gasteiger partial charge in [-0.3, -0.25) is 9.44 Å². The highest BCUT2D eigenvalue weighted by atomic mass is 35.5. The molecule has 0 saturated heterocycles. The van der Waals surface area contributed by atoms with Gasteiger partial charge in [-0.25, -0.2) is 16.8 Å². The van der Waals surface area contributed by atoms with E-state index in [0.29, 0.717) is 21.2 Å². The lowest BCUT2D eigenvalue weighted by molar-refractivity contribution is 0.603. The summed E-state index contributed by atoms with van der Waals surface area (Å²) < 4.78 is 51.6. The Morgan fingerprint density at radius 3 is 1.38 bits per heavy atom. The summed E-state index contributed by atoms with van der Waals surface area (Å²) >= 11 is 10.9. The molecular weight excluding hydrogens is 459 g/mol. The fourth-order valence-electron chi connectivity index (χ4n) is 1.73. The van der Waals surface area contributed by atoms with E-state index in [1.807, 2.05) is 0 Å². The summed E-state index contributed by atoms with van der Waals surface area (Å²) in [5.74, 6) is 0. The van der Waals surface area contributed by atoms with Crippen LogP contribution in [0.5, 0.6) is 0 Å². The van der Waals surface area contributed by atoms with Gasteiger partial charge in [-0.05, 0) is 24.3 Å². The second kappa shape index (κ2) is 9.43. The summed E-state index contributed by atoms with van der Waals surface area (Å²) in [6.07, 6.45) is 0. The molecule has 26 heavy (non-hydrogen) atoms. The number of sulfonamides is 2. The lowest BCUT2D eigenvalue weighted by Gasteiger charge is -2.12. The number of hydrogen-bond donors (Lipinski definition) is 2. The van der Waals surface area contributed by atoms with E-state index in [0.717, 1.165) is 0 Å². The van der Waals surface area contributed by atoms with Gasteiger partial charge < -0.3 is 0 Å². The molecule has 0 spiro atoms. The monoisotopic (exact) mass is 472 g/mol. The van der Waals surface area contributed by atoms with Crippen molar-refractivity contribution >= 4 is 76.2 Å². The smallest absolute Gasteiger partial charge is 0.246 e. The number of anilines is 2. The van der Waals surface area contributed by atoms with Crippen LogP contribution in [-0.4, -0.2) is 27.3 Å². The first-order valence-corrected chi connectivity index (χ1v) is 13.4. The Bertz CT molecular complexity index is 889. The summed E-state index contributed by atoms with van der Waals surface area (Å²) in [5.41, 5.74) is 0.786. The van der Waals surface area contributed by atoms with Crippen LogP contribution >= 0.6 is 44.8 Å². The molecule has 0 aliphatic carbocycles. The Kier molecular flexibility index (Phi) is 7.80. The first kappa shape index (κ1) is 21.5. The Morgan fingerprint density at radius 1 is 0.692 bits per heavy atom. The first-order chi connectivity index (χ1) is 12.3. The molecule has 142 valence electrons. The van der Waals surface area contributed by atoms with Gasteiger partial charge in [0.25, 0.3) is 0 Å². The molecule has 2 rings (SSSR count). The molecule has 0 amide bonds. The van der Waals surface area contributed by atoms with Crippen molar-refractivity contribution in [1.29, 1.82) is 0 Å². The molecule has 0 fully saturated rings. The Hall–Kier alpha value is -0.780. The minimum Gasteiger partial charge on any atom is -0.281 e. The van der Waals surface area contributed by atoms with E-state index in [2.05, 4.69) is 9.44 Å². The molecule has 0 aliphatic heterocycles. The van der Waals surface area contributed by atoms with Gasteiger partial charge >= 0.3 is 0 Å². The second-order valence-electron chi connectivity index (χ2n) is 4.81. The topological polar surface area (TPSA) is 92.3 Å². The summed E-state index contributed by atoms with van der Waals surface area (Å²) in [4.78, 5) is 1.31. The fraction of sp³-hybridized carbons (Fsp3) is 0.143. The fourth-order valence-corrected chi connectivity index (χ4v) is 5.59. The summed E-state index contributed by atoms with van der Waals surface area (Å²) in [6, 6.07) is 13.7. The van der Waals surface area contributed by atoms with Crippen molar-refractivity contribution in [2.75, 3.05) is 19.9 Å². The second-order valence-corrected chi connectivity index (χ2v) is 11.6.